The summed E-state index contributed by atoms with van der Waals surface area (Å²) in [4.78, 5) is 22.0. The number of halogens is 4. The molecule has 0 radical (unpaired) electrons. The lowest BCUT2D eigenvalue weighted by atomic mass is 10.0. The Hall–Kier alpha value is -2.58. The van der Waals surface area contributed by atoms with Gasteiger partial charge in [-0.05, 0) is 56.8 Å². The number of amides is 1. The van der Waals surface area contributed by atoms with Crippen molar-refractivity contribution in [2.45, 2.75) is 40.0 Å². The highest BCUT2D eigenvalue weighted by Gasteiger charge is 2.32. The van der Waals surface area contributed by atoms with E-state index in [9.17, 15) is 18.0 Å². The zero-order chi connectivity index (χ0) is 22.9. The molecule has 3 rings (SSSR count). The highest BCUT2D eigenvalue weighted by atomic mass is 35.5. The van der Waals surface area contributed by atoms with Crippen molar-refractivity contribution in [3.8, 4) is 11.4 Å². The monoisotopic (exact) mass is 452 g/mol. The van der Waals surface area contributed by atoms with E-state index >= 15 is 0 Å². The molecule has 3 aromatic rings. The van der Waals surface area contributed by atoms with Crippen molar-refractivity contribution in [3.63, 3.8) is 0 Å². The fourth-order valence-corrected chi connectivity index (χ4v) is 3.83. The standard InChI is InChI=1S/C22H24ClF3N4O/c1-5-30(6-2)13(4)27-21(31)14-7-8-16(12(3)9-14)20-28-18-11-15(22(24,25)26)10-17(23)19(18)29-20/h7-11,13H,5-6H2,1-4H3,(H,27,31)(H,28,29). The number of fused-ring (bicyclic) bond motifs is 1. The Morgan fingerprint density at radius 1 is 1.23 bits per heavy atom. The van der Waals surface area contributed by atoms with Crippen LogP contribution in [-0.2, 0) is 6.18 Å². The molecular weight excluding hydrogens is 429 g/mol. The lowest BCUT2D eigenvalue weighted by Crippen LogP contribution is -2.46. The number of aryl methyl sites for hydroxylation is 1. The van der Waals surface area contributed by atoms with Gasteiger partial charge in [-0.2, -0.15) is 13.2 Å². The third-order valence-corrected chi connectivity index (χ3v) is 5.60. The first-order valence-corrected chi connectivity index (χ1v) is 10.3. The summed E-state index contributed by atoms with van der Waals surface area (Å²) in [7, 11) is 0. The molecule has 1 aromatic heterocycles. The average molecular weight is 453 g/mol. The molecule has 0 bridgehead atoms. The van der Waals surface area contributed by atoms with E-state index in [4.69, 9.17) is 11.6 Å². The first-order valence-electron chi connectivity index (χ1n) is 9.97. The molecule has 1 amide bonds. The lowest BCUT2D eigenvalue weighted by Gasteiger charge is -2.27. The highest BCUT2D eigenvalue weighted by Crippen LogP contribution is 2.35. The number of aromatic nitrogens is 2. The summed E-state index contributed by atoms with van der Waals surface area (Å²) in [5.41, 5.74) is 1.55. The lowest BCUT2D eigenvalue weighted by molar-refractivity contribution is -0.137. The van der Waals surface area contributed by atoms with E-state index < -0.39 is 11.7 Å². The van der Waals surface area contributed by atoms with Gasteiger partial charge in [0.25, 0.3) is 5.91 Å². The van der Waals surface area contributed by atoms with Crippen LogP contribution in [0.2, 0.25) is 5.02 Å². The molecule has 0 aliphatic carbocycles. The largest absolute Gasteiger partial charge is 0.416 e. The number of aromatic amines is 1. The predicted molar refractivity (Wildman–Crippen MR) is 116 cm³/mol. The van der Waals surface area contributed by atoms with Crippen LogP contribution in [-0.4, -0.2) is 40.0 Å². The Balaban J connectivity index is 1.90. The second-order valence-corrected chi connectivity index (χ2v) is 7.74. The number of alkyl halides is 3. The molecule has 0 saturated carbocycles. The summed E-state index contributed by atoms with van der Waals surface area (Å²) < 4.78 is 39.2. The molecule has 2 N–H and O–H groups in total. The number of H-pyrrole nitrogens is 1. The van der Waals surface area contributed by atoms with Crippen LogP contribution in [0, 0.1) is 6.92 Å². The first-order chi connectivity index (χ1) is 14.5. The maximum absolute atomic E-state index is 13.1. The summed E-state index contributed by atoms with van der Waals surface area (Å²) >= 11 is 6.03. The van der Waals surface area contributed by atoms with Gasteiger partial charge in [0.05, 0.1) is 22.3 Å². The van der Waals surface area contributed by atoms with E-state index in [-0.39, 0.29) is 28.1 Å². The van der Waals surface area contributed by atoms with E-state index in [0.29, 0.717) is 17.0 Å². The first kappa shape index (κ1) is 23.1. The molecule has 0 spiro atoms. The van der Waals surface area contributed by atoms with Crippen molar-refractivity contribution in [2.24, 2.45) is 0 Å². The third kappa shape index (κ3) is 4.85. The summed E-state index contributed by atoms with van der Waals surface area (Å²) in [6, 6.07) is 6.98. The fraction of sp³-hybridized carbons (Fsp3) is 0.364. The molecule has 2 aromatic carbocycles. The zero-order valence-corrected chi connectivity index (χ0v) is 18.4. The van der Waals surface area contributed by atoms with Crippen LogP contribution in [0.15, 0.2) is 30.3 Å². The minimum Gasteiger partial charge on any atom is -0.338 e. The average Bonchev–Trinajstić information content (AvgIpc) is 3.12. The molecule has 166 valence electrons. The van der Waals surface area contributed by atoms with Gasteiger partial charge in [0.1, 0.15) is 11.3 Å². The van der Waals surface area contributed by atoms with Gasteiger partial charge in [0.15, 0.2) is 0 Å². The van der Waals surface area contributed by atoms with Gasteiger partial charge >= 0.3 is 6.18 Å². The van der Waals surface area contributed by atoms with Crippen molar-refractivity contribution in [3.05, 3.63) is 52.0 Å². The number of nitrogens with one attached hydrogen (secondary N) is 2. The Morgan fingerprint density at radius 3 is 2.48 bits per heavy atom. The molecule has 9 heteroatoms. The molecular formula is C22H24ClF3N4O. The number of nitrogens with zero attached hydrogens (tertiary/aromatic N) is 2. The third-order valence-electron chi connectivity index (χ3n) is 5.31. The summed E-state index contributed by atoms with van der Waals surface area (Å²) in [6.45, 7) is 9.45. The molecule has 5 nitrogen and oxygen atoms in total. The minimum absolute atomic E-state index is 0.0774. The van der Waals surface area contributed by atoms with Crippen LogP contribution in [0.1, 0.15) is 42.3 Å². The molecule has 0 aliphatic rings. The van der Waals surface area contributed by atoms with Gasteiger partial charge in [-0.15, -0.1) is 0 Å². The number of hydrogen-bond donors (Lipinski definition) is 2. The van der Waals surface area contributed by atoms with Crippen molar-refractivity contribution < 1.29 is 18.0 Å². The Morgan fingerprint density at radius 2 is 1.90 bits per heavy atom. The molecule has 0 fully saturated rings. The van der Waals surface area contributed by atoms with Crippen molar-refractivity contribution >= 4 is 28.5 Å². The predicted octanol–water partition coefficient (Wildman–Crippen LogP) is 5.63. The Bertz CT molecular complexity index is 1110. The minimum atomic E-state index is -4.50. The van der Waals surface area contributed by atoms with Crippen LogP contribution in [0.5, 0.6) is 0 Å². The van der Waals surface area contributed by atoms with Crippen LogP contribution >= 0.6 is 11.6 Å². The number of rotatable bonds is 6. The number of carbonyl (C=O) groups excluding carboxylic acids is 1. The van der Waals surface area contributed by atoms with E-state index in [1.54, 1.807) is 18.2 Å². The van der Waals surface area contributed by atoms with Gasteiger partial charge in [-0.1, -0.05) is 31.5 Å². The van der Waals surface area contributed by atoms with E-state index in [1.165, 1.54) is 0 Å². The smallest absolute Gasteiger partial charge is 0.338 e. The summed E-state index contributed by atoms with van der Waals surface area (Å²) in [5, 5.41) is 2.90. The molecule has 0 aliphatic heterocycles. The number of benzene rings is 2. The van der Waals surface area contributed by atoms with Crippen molar-refractivity contribution in [2.75, 3.05) is 13.1 Å². The van der Waals surface area contributed by atoms with E-state index in [0.717, 1.165) is 30.8 Å². The van der Waals surface area contributed by atoms with E-state index in [1.807, 2.05) is 27.7 Å². The van der Waals surface area contributed by atoms with Crippen molar-refractivity contribution in [1.29, 1.82) is 0 Å². The van der Waals surface area contributed by atoms with Crippen LogP contribution in [0.3, 0.4) is 0 Å². The molecule has 1 heterocycles. The topological polar surface area (TPSA) is 61.0 Å². The Kier molecular flexibility index (Phi) is 6.62. The second-order valence-electron chi connectivity index (χ2n) is 7.34. The maximum Gasteiger partial charge on any atom is 0.416 e. The number of carbonyl (C=O) groups is 1. The SMILES string of the molecule is CCN(CC)C(C)NC(=O)c1ccc(-c2nc3c(Cl)cc(C(F)(F)F)cc3[nH]2)c(C)c1. The number of imidazole rings is 1. The van der Waals surface area contributed by atoms with Gasteiger partial charge in [-0.25, -0.2) is 4.98 Å². The molecule has 1 unspecified atom stereocenters. The van der Waals surface area contributed by atoms with Gasteiger partial charge < -0.3 is 10.3 Å². The van der Waals surface area contributed by atoms with Gasteiger partial charge in [0.2, 0.25) is 0 Å². The number of hydrogen-bond acceptors (Lipinski definition) is 3. The van der Waals surface area contributed by atoms with Gasteiger partial charge in [-0.3, -0.25) is 9.69 Å². The molecule has 31 heavy (non-hydrogen) atoms. The van der Waals surface area contributed by atoms with Crippen LogP contribution in [0.4, 0.5) is 13.2 Å². The zero-order valence-electron chi connectivity index (χ0n) is 17.7. The maximum atomic E-state index is 13.1. The second kappa shape index (κ2) is 8.88. The van der Waals surface area contributed by atoms with E-state index in [2.05, 4.69) is 20.2 Å². The highest BCUT2D eigenvalue weighted by molar-refractivity contribution is 6.35. The Labute approximate surface area is 183 Å². The summed E-state index contributed by atoms with van der Waals surface area (Å²) in [5.74, 6) is 0.189. The fourth-order valence-electron chi connectivity index (χ4n) is 3.57. The normalized spacial score (nSPS) is 13.1. The van der Waals surface area contributed by atoms with Crippen molar-refractivity contribution in [1.82, 2.24) is 20.2 Å². The quantitative estimate of drug-likeness (QED) is 0.476. The summed E-state index contributed by atoms with van der Waals surface area (Å²) in [6.07, 6.45) is -4.61. The van der Waals surface area contributed by atoms with Crippen LogP contribution in [0.25, 0.3) is 22.4 Å². The molecule has 0 saturated heterocycles. The molecule has 1 atom stereocenters. The van der Waals surface area contributed by atoms with Gasteiger partial charge in [0, 0.05) is 11.1 Å². The van der Waals surface area contributed by atoms with Crippen LogP contribution < -0.4 is 5.32 Å².